The topological polar surface area (TPSA) is 72.9 Å². The summed E-state index contributed by atoms with van der Waals surface area (Å²) in [4.78, 5) is 12.6. The Morgan fingerprint density at radius 3 is 2.73 bits per heavy atom. The number of halogens is 1. The third-order valence-electron chi connectivity index (χ3n) is 4.31. The first-order chi connectivity index (χ1) is 10.2. The van der Waals surface area contributed by atoms with Gasteiger partial charge in [-0.3, -0.25) is 4.79 Å². The number of nitrogens with one attached hydrogen (secondary N) is 1. The minimum atomic E-state index is -0.387. The predicted octanol–water partition coefficient (Wildman–Crippen LogP) is 2.75. The molecule has 0 atom stereocenters. The number of amides is 1. The number of carbonyl (C=O) groups is 1. The van der Waals surface area contributed by atoms with Crippen molar-refractivity contribution in [2.45, 2.75) is 25.7 Å². The van der Waals surface area contributed by atoms with E-state index in [9.17, 15) is 4.79 Å². The summed E-state index contributed by atoms with van der Waals surface area (Å²) in [5.74, 6) is 0.0418. The van der Waals surface area contributed by atoms with Crippen LogP contribution >= 0.6 is 12.4 Å². The van der Waals surface area contributed by atoms with Gasteiger partial charge >= 0.3 is 0 Å². The van der Waals surface area contributed by atoms with Gasteiger partial charge in [0.2, 0.25) is 5.91 Å². The molecule has 5 nitrogen and oxygen atoms in total. The first-order valence-electron chi connectivity index (χ1n) is 7.35. The predicted molar refractivity (Wildman–Crippen MR) is 89.4 cm³/mol. The average molecular weight is 321 g/mol. The summed E-state index contributed by atoms with van der Waals surface area (Å²) >= 11 is 0. The zero-order valence-electron chi connectivity index (χ0n) is 12.4. The summed E-state index contributed by atoms with van der Waals surface area (Å²) < 4.78 is 1.77. The van der Waals surface area contributed by atoms with Crippen molar-refractivity contribution in [2.24, 2.45) is 11.1 Å². The summed E-state index contributed by atoms with van der Waals surface area (Å²) in [6.07, 6.45) is 7.53. The first kappa shape index (κ1) is 16.5. The molecule has 0 aliphatic heterocycles. The second-order valence-electron chi connectivity index (χ2n) is 5.65. The molecule has 0 bridgehead atoms. The van der Waals surface area contributed by atoms with Crippen LogP contribution < -0.4 is 11.1 Å². The minimum Gasteiger partial charge on any atom is -0.329 e. The van der Waals surface area contributed by atoms with Crippen molar-refractivity contribution < 1.29 is 4.79 Å². The van der Waals surface area contributed by atoms with Crippen LogP contribution in [0.5, 0.6) is 0 Å². The minimum absolute atomic E-state index is 0. The normalized spacial score (nSPS) is 16.0. The maximum atomic E-state index is 12.6. The third kappa shape index (κ3) is 3.15. The molecule has 1 amide bonds. The van der Waals surface area contributed by atoms with Gasteiger partial charge in [0.1, 0.15) is 0 Å². The lowest BCUT2D eigenvalue weighted by Crippen LogP contribution is -2.40. The lowest BCUT2D eigenvalue weighted by molar-refractivity contribution is -0.124. The number of anilines is 1. The first-order valence-corrected chi connectivity index (χ1v) is 7.35. The molecule has 1 heterocycles. The highest BCUT2D eigenvalue weighted by Gasteiger charge is 2.39. The van der Waals surface area contributed by atoms with Gasteiger partial charge in [-0.15, -0.1) is 12.4 Å². The number of hydrogen-bond donors (Lipinski definition) is 2. The molecule has 1 saturated carbocycles. The van der Waals surface area contributed by atoms with Crippen molar-refractivity contribution >= 4 is 24.0 Å². The highest BCUT2D eigenvalue weighted by atomic mass is 35.5. The summed E-state index contributed by atoms with van der Waals surface area (Å²) in [5.41, 5.74) is 7.18. The van der Waals surface area contributed by atoms with Crippen LogP contribution in [0.25, 0.3) is 5.69 Å². The Hall–Kier alpha value is -1.85. The Morgan fingerprint density at radius 2 is 2.09 bits per heavy atom. The number of carbonyl (C=O) groups excluding carboxylic acids is 1. The zero-order valence-corrected chi connectivity index (χ0v) is 13.2. The van der Waals surface area contributed by atoms with Gasteiger partial charge in [0.15, 0.2) is 0 Å². The Bertz CT molecular complexity index is 621. The lowest BCUT2D eigenvalue weighted by atomic mass is 9.85. The van der Waals surface area contributed by atoms with E-state index in [2.05, 4.69) is 10.4 Å². The van der Waals surface area contributed by atoms with E-state index >= 15 is 0 Å². The lowest BCUT2D eigenvalue weighted by Gasteiger charge is -2.25. The molecule has 1 aromatic heterocycles. The molecule has 1 aliphatic rings. The van der Waals surface area contributed by atoms with E-state index in [1.165, 1.54) is 0 Å². The molecular weight excluding hydrogens is 300 g/mol. The van der Waals surface area contributed by atoms with E-state index in [0.717, 1.165) is 37.1 Å². The molecular formula is C16H21ClN4O. The maximum Gasteiger partial charge on any atom is 0.231 e. The van der Waals surface area contributed by atoms with E-state index in [1.54, 1.807) is 10.9 Å². The van der Waals surface area contributed by atoms with Crippen molar-refractivity contribution in [3.05, 3.63) is 42.7 Å². The molecule has 0 saturated heterocycles. The van der Waals surface area contributed by atoms with E-state index in [-0.39, 0.29) is 23.7 Å². The molecule has 0 spiro atoms. The van der Waals surface area contributed by atoms with Crippen LogP contribution in [0.15, 0.2) is 42.7 Å². The maximum absolute atomic E-state index is 12.6. The molecule has 3 N–H and O–H groups in total. The molecule has 6 heteroatoms. The van der Waals surface area contributed by atoms with Crippen molar-refractivity contribution in [1.82, 2.24) is 9.78 Å². The van der Waals surface area contributed by atoms with Crippen LogP contribution in [0.3, 0.4) is 0 Å². The quantitative estimate of drug-likeness (QED) is 0.909. The van der Waals surface area contributed by atoms with Crippen LogP contribution in [0.4, 0.5) is 5.69 Å². The molecule has 1 aliphatic carbocycles. The highest BCUT2D eigenvalue weighted by Crippen LogP contribution is 2.38. The second kappa shape index (κ2) is 6.94. The van der Waals surface area contributed by atoms with Gasteiger partial charge in [-0.25, -0.2) is 4.68 Å². The van der Waals surface area contributed by atoms with Gasteiger partial charge in [-0.05, 0) is 37.1 Å². The molecule has 1 fully saturated rings. The second-order valence-corrected chi connectivity index (χ2v) is 5.65. The molecule has 0 unspecified atom stereocenters. The van der Waals surface area contributed by atoms with Gasteiger partial charge in [0, 0.05) is 24.6 Å². The fourth-order valence-electron chi connectivity index (χ4n) is 2.99. The molecule has 22 heavy (non-hydrogen) atoms. The van der Waals surface area contributed by atoms with Gasteiger partial charge in [-0.2, -0.15) is 5.10 Å². The monoisotopic (exact) mass is 320 g/mol. The van der Waals surface area contributed by atoms with Gasteiger partial charge in [-0.1, -0.05) is 18.9 Å². The van der Waals surface area contributed by atoms with Gasteiger partial charge < -0.3 is 11.1 Å². The summed E-state index contributed by atoms with van der Waals surface area (Å²) in [5, 5.41) is 7.22. The fraction of sp³-hybridized carbons (Fsp3) is 0.375. The van der Waals surface area contributed by atoms with Crippen LogP contribution in [0.1, 0.15) is 25.7 Å². The van der Waals surface area contributed by atoms with Crippen molar-refractivity contribution in [3.63, 3.8) is 0 Å². The van der Waals surface area contributed by atoms with E-state index < -0.39 is 0 Å². The highest BCUT2D eigenvalue weighted by molar-refractivity contribution is 5.95. The van der Waals surface area contributed by atoms with Crippen molar-refractivity contribution in [2.75, 3.05) is 11.9 Å². The molecule has 3 rings (SSSR count). The van der Waals surface area contributed by atoms with Crippen LogP contribution in [-0.4, -0.2) is 22.2 Å². The third-order valence-corrected chi connectivity index (χ3v) is 4.31. The molecule has 0 radical (unpaired) electrons. The number of nitrogens with two attached hydrogens (primary N) is 1. The van der Waals surface area contributed by atoms with E-state index in [4.69, 9.17) is 5.73 Å². The van der Waals surface area contributed by atoms with E-state index in [0.29, 0.717) is 6.54 Å². The number of rotatable bonds is 4. The summed E-state index contributed by atoms with van der Waals surface area (Å²) in [6.45, 7) is 0.414. The molecule has 118 valence electrons. The Labute approximate surface area is 136 Å². The number of aromatic nitrogens is 2. The van der Waals surface area contributed by atoms with Gasteiger partial charge in [0.05, 0.1) is 11.1 Å². The largest absolute Gasteiger partial charge is 0.329 e. The Balaban J connectivity index is 0.00000176. The van der Waals surface area contributed by atoms with Gasteiger partial charge in [0.25, 0.3) is 0 Å². The van der Waals surface area contributed by atoms with E-state index in [1.807, 2.05) is 36.5 Å². The Kier molecular flexibility index (Phi) is 5.21. The molecule has 1 aromatic carbocycles. The molecule has 2 aromatic rings. The van der Waals surface area contributed by atoms with Crippen molar-refractivity contribution in [1.29, 1.82) is 0 Å². The number of nitrogens with zero attached hydrogens (tertiary/aromatic N) is 2. The average Bonchev–Trinajstić information content (AvgIpc) is 3.20. The Morgan fingerprint density at radius 1 is 1.32 bits per heavy atom. The zero-order chi connectivity index (χ0) is 14.7. The summed E-state index contributed by atoms with van der Waals surface area (Å²) in [7, 11) is 0. The number of benzene rings is 1. The van der Waals surface area contributed by atoms with Crippen LogP contribution in [0.2, 0.25) is 0 Å². The standard InChI is InChI=1S/C16H20N4O.ClH/c17-12-16(7-1-2-8-16)15(21)19-13-5-3-6-14(11-13)20-10-4-9-18-20;/h3-6,9-11H,1-2,7-8,12,17H2,(H,19,21);1H. The smallest absolute Gasteiger partial charge is 0.231 e. The number of hydrogen-bond acceptors (Lipinski definition) is 3. The van der Waals surface area contributed by atoms with Crippen molar-refractivity contribution in [3.8, 4) is 5.69 Å². The van der Waals surface area contributed by atoms with Crippen LogP contribution in [-0.2, 0) is 4.79 Å². The van der Waals surface area contributed by atoms with Crippen LogP contribution in [0, 0.1) is 5.41 Å². The fourth-order valence-corrected chi connectivity index (χ4v) is 2.99. The summed E-state index contributed by atoms with van der Waals surface area (Å²) in [6, 6.07) is 9.55. The SMILES string of the molecule is Cl.NCC1(C(=O)Nc2cccc(-n3cccn3)c2)CCCC1.